The van der Waals surface area contributed by atoms with Gasteiger partial charge in [-0.3, -0.25) is 0 Å². The van der Waals surface area contributed by atoms with E-state index in [0.29, 0.717) is 0 Å². The van der Waals surface area contributed by atoms with Crippen LogP contribution in [0.4, 0.5) is 23.7 Å². The largest absolute Gasteiger partial charge is 0.478 e. The predicted molar refractivity (Wildman–Crippen MR) is 68.9 cm³/mol. The first-order valence-electron chi connectivity index (χ1n) is 5.37. The number of alkyl halides is 3. The second-order valence-corrected chi connectivity index (χ2v) is 4.69. The normalized spacial score (nSPS) is 10.9. The van der Waals surface area contributed by atoms with Gasteiger partial charge in [-0.2, -0.15) is 13.2 Å². The molecule has 0 bridgehead atoms. The lowest BCUT2D eigenvalue weighted by Crippen LogP contribution is -2.31. The molecule has 1 rings (SSSR count). The summed E-state index contributed by atoms with van der Waals surface area (Å²) < 4.78 is 35.5. The number of amides is 2. The first-order valence-corrected chi connectivity index (χ1v) is 6.36. The molecule has 9 heteroatoms. The van der Waals surface area contributed by atoms with Crippen LogP contribution in [0.25, 0.3) is 0 Å². The van der Waals surface area contributed by atoms with E-state index in [1.165, 1.54) is 24.3 Å². The molecule has 0 aliphatic carbocycles. The topological polar surface area (TPSA) is 78.4 Å². The number of hydrogen-bond acceptors (Lipinski definition) is 3. The zero-order chi connectivity index (χ0) is 15.2. The fourth-order valence-corrected chi connectivity index (χ4v) is 1.71. The van der Waals surface area contributed by atoms with Crippen molar-refractivity contribution in [3.8, 4) is 0 Å². The van der Waals surface area contributed by atoms with Crippen LogP contribution >= 0.6 is 11.8 Å². The van der Waals surface area contributed by atoms with E-state index in [1.807, 2.05) is 0 Å². The second kappa shape index (κ2) is 7.04. The minimum absolute atomic E-state index is 0.0703. The van der Waals surface area contributed by atoms with Gasteiger partial charge in [-0.25, -0.2) is 9.59 Å². The van der Waals surface area contributed by atoms with Gasteiger partial charge in [0, 0.05) is 12.3 Å². The summed E-state index contributed by atoms with van der Waals surface area (Å²) in [6, 6.07) is 4.94. The Morgan fingerprint density at radius 1 is 1.25 bits per heavy atom. The minimum atomic E-state index is -4.34. The Morgan fingerprint density at radius 2 is 1.90 bits per heavy atom. The van der Waals surface area contributed by atoms with Crippen molar-refractivity contribution in [1.82, 2.24) is 5.32 Å². The number of halogens is 3. The molecule has 20 heavy (non-hydrogen) atoms. The number of carbonyl (C=O) groups is 2. The Labute approximate surface area is 116 Å². The number of para-hydroxylation sites is 1. The van der Waals surface area contributed by atoms with Gasteiger partial charge in [-0.15, -0.1) is 0 Å². The molecule has 5 nitrogen and oxygen atoms in total. The molecular formula is C11H11F3N2O3S. The van der Waals surface area contributed by atoms with Crippen molar-refractivity contribution in [3.05, 3.63) is 29.8 Å². The lowest BCUT2D eigenvalue weighted by Gasteiger charge is -2.10. The van der Waals surface area contributed by atoms with Crippen LogP contribution in [0.5, 0.6) is 0 Å². The SMILES string of the molecule is O=C(NCCSC(F)(F)F)Nc1ccccc1C(=O)O. The molecule has 0 fully saturated rings. The van der Waals surface area contributed by atoms with E-state index in [2.05, 4.69) is 10.6 Å². The van der Waals surface area contributed by atoms with Crippen molar-refractivity contribution in [2.24, 2.45) is 0 Å². The average molecular weight is 308 g/mol. The number of carboxylic acids is 1. The van der Waals surface area contributed by atoms with E-state index < -0.39 is 17.5 Å². The quantitative estimate of drug-likeness (QED) is 0.731. The highest BCUT2D eigenvalue weighted by atomic mass is 32.2. The molecule has 110 valence electrons. The van der Waals surface area contributed by atoms with Crippen LogP contribution in [0.3, 0.4) is 0 Å². The number of thioether (sulfide) groups is 1. The molecule has 0 aliphatic rings. The first kappa shape index (κ1) is 16.2. The summed E-state index contributed by atoms with van der Waals surface area (Å²) in [7, 11) is 0. The monoisotopic (exact) mass is 308 g/mol. The number of benzene rings is 1. The van der Waals surface area contributed by atoms with Crippen LogP contribution < -0.4 is 10.6 Å². The molecule has 0 unspecified atom stereocenters. The summed E-state index contributed by atoms with van der Waals surface area (Å²) in [5.74, 6) is -1.54. The Morgan fingerprint density at radius 3 is 2.50 bits per heavy atom. The van der Waals surface area contributed by atoms with Crippen LogP contribution in [-0.2, 0) is 0 Å². The van der Waals surface area contributed by atoms with E-state index in [1.54, 1.807) is 0 Å². The molecule has 1 aromatic carbocycles. The fourth-order valence-electron chi connectivity index (χ4n) is 1.28. The van der Waals surface area contributed by atoms with Gasteiger partial charge in [0.1, 0.15) is 0 Å². The van der Waals surface area contributed by atoms with Gasteiger partial charge < -0.3 is 15.7 Å². The van der Waals surface area contributed by atoms with Crippen molar-refractivity contribution >= 4 is 29.4 Å². The molecule has 0 saturated carbocycles. The second-order valence-electron chi connectivity index (χ2n) is 3.53. The third-order valence-electron chi connectivity index (χ3n) is 2.06. The maximum absolute atomic E-state index is 11.8. The molecule has 2 amide bonds. The van der Waals surface area contributed by atoms with Crippen LogP contribution in [0.1, 0.15) is 10.4 Å². The summed E-state index contributed by atoms with van der Waals surface area (Å²) in [5, 5.41) is 13.4. The van der Waals surface area contributed by atoms with Crippen LogP contribution in [0.15, 0.2) is 24.3 Å². The molecule has 0 heterocycles. The highest BCUT2D eigenvalue weighted by Gasteiger charge is 2.27. The molecule has 0 aliphatic heterocycles. The molecule has 0 saturated heterocycles. The van der Waals surface area contributed by atoms with E-state index in [0.717, 1.165) is 0 Å². The van der Waals surface area contributed by atoms with Gasteiger partial charge in [-0.05, 0) is 23.9 Å². The third kappa shape index (κ3) is 5.83. The van der Waals surface area contributed by atoms with Gasteiger partial charge in [0.15, 0.2) is 0 Å². The number of aromatic carboxylic acids is 1. The Balaban J connectivity index is 2.45. The van der Waals surface area contributed by atoms with Crippen molar-refractivity contribution in [1.29, 1.82) is 0 Å². The Kier molecular flexibility index (Phi) is 5.68. The zero-order valence-corrected chi connectivity index (χ0v) is 10.8. The average Bonchev–Trinajstić information content (AvgIpc) is 2.34. The summed E-state index contributed by atoms with van der Waals surface area (Å²) in [4.78, 5) is 22.3. The number of nitrogens with one attached hydrogen (secondary N) is 2. The number of urea groups is 1. The molecule has 0 radical (unpaired) electrons. The lowest BCUT2D eigenvalue weighted by molar-refractivity contribution is -0.0327. The number of carbonyl (C=O) groups excluding carboxylic acids is 1. The number of rotatable bonds is 5. The first-order chi connectivity index (χ1) is 9.29. The van der Waals surface area contributed by atoms with E-state index in [-0.39, 0.29) is 35.3 Å². The maximum Gasteiger partial charge on any atom is 0.441 e. The van der Waals surface area contributed by atoms with Gasteiger partial charge in [0.25, 0.3) is 0 Å². The molecule has 0 aromatic heterocycles. The smallest absolute Gasteiger partial charge is 0.441 e. The summed E-state index contributed by atoms with van der Waals surface area (Å²) >= 11 is -0.247. The minimum Gasteiger partial charge on any atom is -0.478 e. The van der Waals surface area contributed by atoms with Crippen molar-refractivity contribution < 1.29 is 27.9 Å². The molecular weight excluding hydrogens is 297 g/mol. The number of carboxylic acid groups (broad SMARTS) is 1. The summed E-state index contributed by atoms with van der Waals surface area (Å²) in [5.41, 5.74) is -4.37. The van der Waals surface area contributed by atoms with E-state index >= 15 is 0 Å². The van der Waals surface area contributed by atoms with Gasteiger partial charge >= 0.3 is 17.5 Å². The highest BCUT2D eigenvalue weighted by molar-refractivity contribution is 8.00. The van der Waals surface area contributed by atoms with Gasteiger partial charge in [0.2, 0.25) is 0 Å². The number of hydrogen-bond donors (Lipinski definition) is 3. The van der Waals surface area contributed by atoms with E-state index in [9.17, 15) is 22.8 Å². The maximum atomic E-state index is 11.8. The Bertz CT molecular complexity index is 494. The molecule has 1 aromatic rings. The highest BCUT2D eigenvalue weighted by Crippen LogP contribution is 2.29. The van der Waals surface area contributed by atoms with Gasteiger partial charge in [-0.1, -0.05) is 12.1 Å². The lowest BCUT2D eigenvalue weighted by atomic mass is 10.2. The zero-order valence-electron chi connectivity index (χ0n) is 10.0. The summed E-state index contributed by atoms with van der Waals surface area (Å²) in [6.07, 6.45) is 0. The van der Waals surface area contributed by atoms with Crippen molar-refractivity contribution in [2.45, 2.75) is 5.51 Å². The molecule has 0 spiro atoms. The number of anilines is 1. The molecule has 0 atom stereocenters. The standard InChI is InChI=1S/C11H11F3N2O3S/c12-11(13,14)20-6-5-15-10(19)16-8-4-2-1-3-7(8)9(17)18/h1-4H,5-6H2,(H,17,18)(H2,15,16,19). The van der Waals surface area contributed by atoms with Gasteiger partial charge in [0.05, 0.1) is 11.3 Å². The van der Waals surface area contributed by atoms with Crippen LogP contribution in [0, 0.1) is 0 Å². The summed E-state index contributed by atoms with van der Waals surface area (Å²) in [6.45, 7) is -0.189. The molecule has 3 N–H and O–H groups in total. The predicted octanol–water partition coefficient (Wildman–Crippen LogP) is 2.76. The Hall–Kier alpha value is -1.90. The van der Waals surface area contributed by atoms with Crippen LogP contribution in [0.2, 0.25) is 0 Å². The van der Waals surface area contributed by atoms with Crippen molar-refractivity contribution in [3.63, 3.8) is 0 Å². The van der Waals surface area contributed by atoms with Crippen LogP contribution in [-0.4, -0.2) is 34.9 Å². The third-order valence-corrected chi connectivity index (χ3v) is 2.79. The van der Waals surface area contributed by atoms with Crippen molar-refractivity contribution in [2.75, 3.05) is 17.6 Å². The fraction of sp³-hybridized carbons (Fsp3) is 0.273. The van der Waals surface area contributed by atoms with E-state index in [4.69, 9.17) is 5.11 Å².